The van der Waals surface area contributed by atoms with E-state index in [-0.39, 0.29) is 35.5 Å². The summed E-state index contributed by atoms with van der Waals surface area (Å²) in [6, 6.07) is 18.0. The maximum atomic E-state index is 14.1. The number of benzene rings is 3. The molecular weight excluding hydrogens is 593 g/mol. The van der Waals surface area contributed by atoms with Crippen LogP contribution in [0.1, 0.15) is 39.2 Å². The van der Waals surface area contributed by atoms with Crippen LogP contribution in [0.3, 0.4) is 0 Å². The molecule has 0 aromatic heterocycles. The van der Waals surface area contributed by atoms with Gasteiger partial charge in [-0.3, -0.25) is 13.9 Å². The van der Waals surface area contributed by atoms with Gasteiger partial charge < -0.3 is 10.2 Å². The average Bonchev–Trinajstić information content (AvgIpc) is 2.93. The van der Waals surface area contributed by atoms with Crippen LogP contribution in [0.15, 0.2) is 77.7 Å². The summed E-state index contributed by atoms with van der Waals surface area (Å²) in [4.78, 5) is 28.8. The molecule has 1 N–H and O–H groups in total. The Kier molecular flexibility index (Phi) is 11.3. The van der Waals surface area contributed by atoms with Gasteiger partial charge in [-0.1, -0.05) is 79.0 Å². The summed E-state index contributed by atoms with van der Waals surface area (Å²) >= 11 is 19.1. The van der Waals surface area contributed by atoms with E-state index in [2.05, 4.69) is 5.32 Å². The average molecular weight is 625 g/mol. The fourth-order valence-corrected chi connectivity index (χ4v) is 6.22. The second kappa shape index (κ2) is 14.2. The van der Waals surface area contributed by atoms with Gasteiger partial charge in [-0.15, -0.1) is 0 Å². The SMILES string of the molecule is CC[C@@H](C)NC(=O)[C@H](CC)N(Cc1c(Cl)cccc1Cl)C(=O)CN(c1cccc(Cl)c1)S(=O)(=O)c1ccccc1. The molecule has 3 aromatic rings. The van der Waals surface area contributed by atoms with Gasteiger partial charge in [0.05, 0.1) is 10.6 Å². The van der Waals surface area contributed by atoms with E-state index in [1.165, 1.54) is 23.1 Å². The zero-order valence-corrected chi connectivity index (χ0v) is 25.6. The molecule has 0 aliphatic rings. The van der Waals surface area contributed by atoms with Crippen LogP contribution in [0.4, 0.5) is 5.69 Å². The lowest BCUT2D eigenvalue weighted by Gasteiger charge is -2.34. The molecule has 0 heterocycles. The standard InChI is InChI=1S/C29H32Cl3N3O4S/c1-4-20(3)33-29(37)27(5-2)34(18-24-25(31)15-10-16-26(24)32)28(36)19-35(22-12-9-11-21(30)17-22)40(38,39)23-13-7-6-8-14-23/h6-17,20,27H,4-5,18-19H2,1-3H3,(H,33,37)/t20-,27+/m1/s1. The van der Waals surface area contributed by atoms with Crippen LogP contribution >= 0.6 is 34.8 Å². The Hall–Kier alpha value is -2.78. The van der Waals surface area contributed by atoms with Gasteiger partial charge in [-0.2, -0.15) is 0 Å². The highest BCUT2D eigenvalue weighted by molar-refractivity contribution is 7.92. The van der Waals surface area contributed by atoms with Crippen molar-refractivity contribution in [2.45, 2.75) is 57.1 Å². The molecule has 3 rings (SSSR count). The minimum Gasteiger partial charge on any atom is -0.352 e. The van der Waals surface area contributed by atoms with Crippen LogP contribution in [-0.2, 0) is 26.2 Å². The normalized spacial score (nSPS) is 12.8. The molecule has 7 nitrogen and oxygen atoms in total. The van der Waals surface area contributed by atoms with E-state index in [9.17, 15) is 18.0 Å². The van der Waals surface area contributed by atoms with E-state index in [1.54, 1.807) is 61.5 Å². The summed E-state index contributed by atoms with van der Waals surface area (Å²) < 4.78 is 28.6. The molecule has 0 unspecified atom stereocenters. The smallest absolute Gasteiger partial charge is 0.264 e. The van der Waals surface area contributed by atoms with Crippen LogP contribution < -0.4 is 9.62 Å². The Balaban J connectivity index is 2.09. The fraction of sp³-hybridized carbons (Fsp3) is 0.310. The monoisotopic (exact) mass is 623 g/mol. The number of carbonyl (C=O) groups is 2. The van der Waals surface area contributed by atoms with E-state index < -0.39 is 28.5 Å². The number of rotatable bonds is 12. The van der Waals surface area contributed by atoms with Crippen LogP contribution in [0.5, 0.6) is 0 Å². The number of amides is 2. The third-order valence-corrected chi connectivity index (χ3v) is 9.21. The van der Waals surface area contributed by atoms with E-state index in [4.69, 9.17) is 34.8 Å². The number of hydrogen-bond acceptors (Lipinski definition) is 4. The van der Waals surface area contributed by atoms with Crippen molar-refractivity contribution in [2.75, 3.05) is 10.8 Å². The van der Waals surface area contributed by atoms with Crippen LogP contribution in [0.2, 0.25) is 15.1 Å². The highest BCUT2D eigenvalue weighted by atomic mass is 35.5. The molecule has 0 aliphatic carbocycles. The second-order valence-electron chi connectivity index (χ2n) is 9.27. The van der Waals surface area contributed by atoms with Crippen molar-refractivity contribution in [1.82, 2.24) is 10.2 Å². The summed E-state index contributed by atoms with van der Waals surface area (Å²) in [5.41, 5.74) is 0.659. The number of anilines is 1. The predicted octanol–water partition coefficient (Wildman–Crippen LogP) is 6.56. The summed E-state index contributed by atoms with van der Waals surface area (Å²) in [5, 5.41) is 3.88. The number of hydrogen-bond donors (Lipinski definition) is 1. The molecule has 0 spiro atoms. The van der Waals surface area contributed by atoms with E-state index in [1.807, 2.05) is 13.8 Å². The predicted molar refractivity (Wildman–Crippen MR) is 161 cm³/mol. The Labute approximate surface area is 251 Å². The molecule has 11 heteroatoms. The lowest BCUT2D eigenvalue weighted by Crippen LogP contribution is -2.53. The fourth-order valence-electron chi connectivity index (χ4n) is 4.09. The minimum atomic E-state index is -4.19. The van der Waals surface area contributed by atoms with Gasteiger partial charge >= 0.3 is 0 Å². The third kappa shape index (κ3) is 7.69. The highest BCUT2D eigenvalue weighted by Gasteiger charge is 2.34. The van der Waals surface area contributed by atoms with Gasteiger partial charge in [-0.25, -0.2) is 8.42 Å². The second-order valence-corrected chi connectivity index (χ2v) is 12.4. The Morgan fingerprint density at radius 3 is 2.08 bits per heavy atom. The van der Waals surface area contributed by atoms with E-state index in [0.29, 0.717) is 27.1 Å². The zero-order valence-electron chi connectivity index (χ0n) is 22.5. The van der Waals surface area contributed by atoms with Crippen molar-refractivity contribution in [2.24, 2.45) is 0 Å². The number of halogens is 3. The molecule has 0 bridgehead atoms. The van der Waals surface area contributed by atoms with Gasteiger partial charge in [0.15, 0.2) is 0 Å². The van der Waals surface area contributed by atoms with E-state index >= 15 is 0 Å². The molecule has 0 aliphatic heterocycles. The molecule has 0 saturated carbocycles. The number of nitrogens with one attached hydrogen (secondary N) is 1. The first-order valence-corrected chi connectivity index (χ1v) is 15.4. The number of sulfonamides is 1. The molecule has 3 aromatic carbocycles. The van der Waals surface area contributed by atoms with Gasteiger partial charge in [0.25, 0.3) is 10.0 Å². The van der Waals surface area contributed by atoms with E-state index in [0.717, 1.165) is 4.31 Å². The first kappa shape index (κ1) is 31.7. The lowest BCUT2D eigenvalue weighted by atomic mass is 10.1. The molecule has 0 fully saturated rings. The molecule has 2 amide bonds. The maximum Gasteiger partial charge on any atom is 0.264 e. The maximum absolute atomic E-state index is 14.1. The van der Waals surface area contributed by atoms with Crippen LogP contribution in [-0.4, -0.2) is 43.8 Å². The van der Waals surface area contributed by atoms with Crippen molar-refractivity contribution < 1.29 is 18.0 Å². The van der Waals surface area contributed by atoms with Crippen molar-refractivity contribution in [1.29, 1.82) is 0 Å². The largest absolute Gasteiger partial charge is 0.352 e. The molecule has 0 radical (unpaired) electrons. The van der Waals surface area contributed by atoms with Crippen molar-refractivity contribution in [3.05, 3.63) is 93.4 Å². The van der Waals surface area contributed by atoms with Crippen LogP contribution in [0, 0.1) is 0 Å². The van der Waals surface area contributed by atoms with Crippen molar-refractivity contribution in [3.8, 4) is 0 Å². The Morgan fingerprint density at radius 2 is 1.50 bits per heavy atom. The number of carbonyl (C=O) groups excluding carboxylic acids is 2. The molecule has 214 valence electrons. The van der Waals surface area contributed by atoms with Crippen molar-refractivity contribution in [3.63, 3.8) is 0 Å². The zero-order chi connectivity index (χ0) is 29.4. The molecule has 2 atom stereocenters. The van der Waals surface area contributed by atoms with Gasteiger partial charge in [0.1, 0.15) is 12.6 Å². The minimum absolute atomic E-state index is 0.00466. The van der Waals surface area contributed by atoms with Crippen LogP contribution in [0.25, 0.3) is 0 Å². The summed E-state index contributed by atoms with van der Waals surface area (Å²) in [6.45, 7) is 4.90. The lowest BCUT2D eigenvalue weighted by molar-refractivity contribution is -0.140. The van der Waals surface area contributed by atoms with Gasteiger partial charge in [0, 0.05) is 33.2 Å². The molecule has 40 heavy (non-hydrogen) atoms. The molecule has 0 saturated heterocycles. The van der Waals surface area contributed by atoms with Gasteiger partial charge in [0.2, 0.25) is 11.8 Å². The van der Waals surface area contributed by atoms with Crippen molar-refractivity contribution >= 4 is 62.3 Å². The first-order valence-electron chi connectivity index (χ1n) is 12.9. The Bertz CT molecular complexity index is 1420. The number of nitrogens with zero attached hydrogens (tertiary/aromatic N) is 2. The summed E-state index contributed by atoms with van der Waals surface area (Å²) in [7, 11) is -4.19. The topological polar surface area (TPSA) is 86.8 Å². The molecular formula is C29H32Cl3N3O4S. The summed E-state index contributed by atoms with van der Waals surface area (Å²) in [5.74, 6) is -0.963. The quantitative estimate of drug-likeness (QED) is 0.247. The Morgan fingerprint density at radius 1 is 0.875 bits per heavy atom. The first-order chi connectivity index (χ1) is 19.0. The third-order valence-electron chi connectivity index (χ3n) is 6.48. The van der Waals surface area contributed by atoms with Gasteiger partial charge in [-0.05, 0) is 62.2 Å². The highest BCUT2D eigenvalue weighted by Crippen LogP contribution is 2.29. The summed E-state index contributed by atoms with van der Waals surface area (Å²) in [6.07, 6.45) is 0.975.